The summed E-state index contributed by atoms with van der Waals surface area (Å²) in [5.74, 6) is 7.08. The summed E-state index contributed by atoms with van der Waals surface area (Å²) in [7, 11) is 2.08. The topological polar surface area (TPSA) is 95.2 Å². The van der Waals surface area contributed by atoms with Gasteiger partial charge >= 0.3 is 0 Å². The Balaban J connectivity index is 2.01. The van der Waals surface area contributed by atoms with Crippen molar-refractivity contribution in [1.29, 1.82) is 0 Å². The van der Waals surface area contributed by atoms with Gasteiger partial charge in [-0.25, -0.2) is 5.84 Å². The second-order valence-electron chi connectivity index (χ2n) is 4.94. The van der Waals surface area contributed by atoms with Crippen molar-refractivity contribution in [2.45, 2.75) is 19.8 Å². The number of likely N-dealkylation sites (N-methyl/N-ethyl adjacent to an activating group) is 1. The lowest BCUT2D eigenvalue weighted by Crippen LogP contribution is -2.26. The van der Waals surface area contributed by atoms with E-state index < -0.39 is 0 Å². The molecule has 8 heteroatoms. The van der Waals surface area contributed by atoms with E-state index in [1.54, 1.807) is 0 Å². The first-order chi connectivity index (χ1) is 9.72. The normalized spacial score (nSPS) is 14.9. The summed E-state index contributed by atoms with van der Waals surface area (Å²) in [6.45, 7) is 6.86. The van der Waals surface area contributed by atoms with Gasteiger partial charge in [0.05, 0.1) is 0 Å². The molecule has 0 atom stereocenters. The molecule has 0 radical (unpaired) electrons. The lowest BCUT2D eigenvalue weighted by atomic mass is 10.4. The number of hydrogen-bond acceptors (Lipinski definition) is 8. The van der Waals surface area contributed by atoms with E-state index in [1.165, 1.54) is 12.8 Å². The van der Waals surface area contributed by atoms with Gasteiger partial charge in [-0.05, 0) is 26.4 Å². The number of rotatable bonds is 7. The molecule has 0 saturated carbocycles. The summed E-state index contributed by atoms with van der Waals surface area (Å²) < 4.78 is 0. The molecule has 4 N–H and O–H groups in total. The van der Waals surface area contributed by atoms with Crippen LogP contribution in [0.5, 0.6) is 0 Å². The van der Waals surface area contributed by atoms with Gasteiger partial charge in [-0.15, -0.1) is 0 Å². The van der Waals surface area contributed by atoms with Crippen molar-refractivity contribution >= 4 is 17.8 Å². The van der Waals surface area contributed by atoms with E-state index in [-0.39, 0.29) is 0 Å². The molecule has 1 aliphatic heterocycles. The molecule has 1 aromatic rings. The summed E-state index contributed by atoms with van der Waals surface area (Å²) >= 11 is 0. The average molecular weight is 280 g/mol. The van der Waals surface area contributed by atoms with Crippen LogP contribution in [0.25, 0.3) is 0 Å². The maximum atomic E-state index is 5.43. The van der Waals surface area contributed by atoms with Gasteiger partial charge in [0.2, 0.25) is 17.8 Å². The highest BCUT2D eigenvalue weighted by molar-refractivity contribution is 5.43. The van der Waals surface area contributed by atoms with Crippen molar-refractivity contribution in [1.82, 2.24) is 19.9 Å². The van der Waals surface area contributed by atoms with E-state index in [9.17, 15) is 0 Å². The van der Waals surface area contributed by atoms with Crippen molar-refractivity contribution in [2.24, 2.45) is 5.84 Å². The Kier molecular flexibility index (Phi) is 5.31. The zero-order valence-electron chi connectivity index (χ0n) is 12.3. The van der Waals surface area contributed by atoms with Gasteiger partial charge in [0.15, 0.2) is 0 Å². The number of anilines is 3. The van der Waals surface area contributed by atoms with Gasteiger partial charge in [0.25, 0.3) is 0 Å². The number of hydrogen-bond donors (Lipinski definition) is 3. The van der Waals surface area contributed by atoms with Crippen molar-refractivity contribution in [3.63, 3.8) is 0 Å². The van der Waals surface area contributed by atoms with E-state index in [4.69, 9.17) is 5.84 Å². The van der Waals surface area contributed by atoms with E-state index in [2.05, 4.69) is 49.5 Å². The highest BCUT2D eigenvalue weighted by atomic mass is 15.4. The van der Waals surface area contributed by atoms with Crippen LogP contribution in [0.4, 0.5) is 17.8 Å². The van der Waals surface area contributed by atoms with Crippen LogP contribution in [-0.4, -0.2) is 59.6 Å². The molecule has 1 fully saturated rings. The predicted octanol–water partition coefficient (Wildman–Crippen LogP) is 0.121. The molecule has 1 aliphatic rings. The molecule has 0 spiro atoms. The van der Waals surface area contributed by atoms with Crippen LogP contribution in [-0.2, 0) is 0 Å². The standard InChI is InChI=1S/C12H24N8/c1-3-19(2)9-6-14-10-15-11(18-13)17-12(16-10)20-7-4-5-8-20/h3-9,13H2,1-2H3,(H2,14,15,16,17,18). The lowest BCUT2D eigenvalue weighted by molar-refractivity contribution is 0.367. The molecule has 2 heterocycles. The van der Waals surface area contributed by atoms with E-state index in [1.807, 2.05) is 0 Å². The molecule has 0 aliphatic carbocycles. The minimum atomic E-state index is 0.397. The predicted molar refractivity (Wildman–Crippen MR) is 80.7 cm³/mol. The number of nitrogens with zero attached hydrogens (tertiary/aromatic N) is 5. The van der Waals surface area contributed by atoms with Crippen molar-refractivity contribution in [2.75, 3.05) is 55.4 Å². The third-order valence-electron chi connectivity index (χ3n) is 3.46. The second-order valence-corrected chi connectivity index (χ2v) is 4.94. The van der Waals surface area contributed by atoms with Gasteiger partial charge in [0, 0.05) is 26.2 Å². The third-order valence-corrected chi connectivity index (χ3v) is 3.46. The molecule has 112 valence electrons. The zero-order valence-corrected chi connectivity index (χ0v) is 12.3. The van der Waals surface area contributed by atoms with E-state index in [0.29, 0.717) is 17.8 Å². The Hall–Kier alpha value is -1.67. The third kappa shape index (κ3) is 3.91. The zero-order chi connectivity index (χ0) is 14.4. The highest BCUT2D eigenvalue weighted by Crippen LogP contribution is 2.18. The van der Waals surface area contributed by atoms with Gasteiger partial charge in [-0.1, -0.05) is 6.92 Å². The smallest absolute Gasteiger partial charge is 0.243 e. The lowest BCUT2D eigenvalue weighted by Gasteiger charge is -2.17. The Morgan fingerprint density at radius 2 is 1.90 bits per heavy atom. The Morgan fingerprint density at radius 1 is 1.20 bits per heavy atom. The van der Waals surface area contributed by atoms with Crippen molar-refractivity contribution in [3.05, 3.63) is 0 Å². The first kappa shape index (κ1) is 14.7. The fraction of sp³-hybridized carbons (Fsp3) is 0.750. The highest BCUT2D eigenvalue weighted by Gasteiger charge is 2.17. The number of nitrogens with one attached hydrogen (secondary N) is 2. The van der Waals surface area contributed by atoms with Gasteiger partial charge in [-0.3, -0.25) is 5.43 Å². The molecule has 0 unspecified atom stereocenters. The van der Waals surface area contributed by atoms with Gasteiger partial charge in [-0.2, -0.15) is 15.0 Å². The van der Waals surface area contributed by atoms with E-state index in [0.717, 1.165) is 32.7 Å². The molecule has 20 heavy (non-hydrogen) atoms. The quantitative estimate of drug-likeness (QED) is 0.479. The minimum Gasteiger partial charge on any atom is -0.353 e. The number of aromatic nitrogens is 3. The monoisotopic (exact) mass is 280 g/mol. The molecule has 1 saturated heterocycles. The Morgan fingerprint density at radius 3 is 2.55 bits per heavy atom. The van der Waals surface area contributed by atoms with E-state index >= 15 is 0 Å². The molecular weight excluding hydrogens is 256 g/mol. The maximum Gasteiger partial charge on any atom is 0.243 e. The minimum absolute atomic E-state index is 0.397. The van der Waals surface area contributed by atoms with Crippen LogP contribution in [0.2, 0.25) is 0 Å². The number of hydrazine groups is 1. The first-order valence-electron chi connectivity index (χ1n) is 7.13. The van der Waals surface area contributed by atoms with Crippen LogP contribution in [0.1, 0.15) is 19.8 Å². The molecule has 1 aromatic heterocycles. The van der Waals surface area contributed by atoms with Crippen LogP contribution in [0.15, 0.2) is 0 Å². The molecule has 0 aromatic carbocycles. The molecule has 2 rings (SSSR count). The van der Waals surface area contributed by atoms with Crippen LogP contribution < -0.4 is 21.5 Å². The largest absolute Gasteiger partial charge is 0.353 e. The van der Waals surface area contributed by atoms with Gasteiger partial charge in [0.1, 0.15) is 0 Å². The van der Waals surface area contributed by atoms with Crippen LogP contribution in [0.3, 0.4) is 0 Å². The van der Waals surface area contributed by atoms with Crippen molar-refractivity contribution in [3.8, 4) is 0 Å². The molecule has 0 amide bonds. The van der Waals surface area contributed by atoms with Crippen molar-refractivity contribution < 1.29 is 0 Å². The number of nitrogen functional groups attached to an aromatic ring is 1. The SMILES string of the molecule is CCN(C)CCNc1nc(NN)nc(N2CCCC2)n1. The molecule has 0 bridgehead atoms. The number of nitrogens with two attached hydrogens (primary N) is 1. The van der Waals surface area contributed by atoms with Gasteiger partial charge < -0.3 is 15.1 Å². The maximum absolute atomic E-state index is 5.43. The summed E-state index contributed by atoms with van der Waals surface area (Å²) in [6.07, 6.45) is 2.36. The Bertz CT molecular complexity index is 418. The second kappa shape index (κ2) is 7.20. The summed E-state index contributed by atoms with van der Waals surface area (Å²) in [5, 5.41) is 3.22. The first-order valence-corrected chi connectivity index (χ1v) is 7.13. The molecular formula is C12H24N8. The average Bonchev–Trinajstić information content (AvgIpc) is 3.01. The fourth-order valence-corrected chi connectivity index (χ4v) is 2.08. The fourth-order valence-electron chi connectivity index (χ4n) is 2.08. The Labute approximate surface area is 119 Å². The molecule has 8 nitrogen and oxygen atoms in total. The summed E-state index contributed by atoms with van der Waals surface area (Å²) in [5.41, 5.74) is 2.50. The summed E-state index contributed by atoms with van der Waals surface area (Å²) in [6, 6.07) is 0. The van der Waals surface area contributed by atoms with Crippen LogP contribution in [0, 0.1) is 0 Å². The summed E-state index contributed by atoms with van der Waals surface area (Å²) in [4.78, 5) is 17.4. The van der Waals surface area contributed by atoms with Crippen LogP contribution >= 0.6 is 0 Å².